The average molecular weight is 211 g/mol. The molecule has 3 rings (SSSR count). The Labute approximate surface area is 87.1 Å². The molecule has 0 saturated heterocycles. The van der Waals surface area contributed by atoms with Crippen molar-refractivity contribution in [2.75, 3.05) is 6.61 Å². The maximum absolute atomic E-state index is 11.2. The predicted octanol–water partition coefficient (Wildman–Crippen LogP) is 0.906. The molecule has 2 N–H and O–H groups in total. The number of carboxylic acids is 1. The van der Waals surface area contributed by atoms with E-state index < -0.39 is 17.5 Å². The molecule has 0 heterocycles. The lowest BCUT2D eigenvalue weighted by atomic mass is 9.39. The van der Waals surface area contributed by atoms with Crippen LogP contribution >= 0.6 is 0 Å². The Kier molecular flexibility index (Phi) is 1.99. The lowest BCUT2D eigenvalue weighted by molar-refractivity contribution is -0.196. The van der Waals surface area contributed by atoms with Crippen LogP contribution in [0, 0.1) is 5.41 Å². The SMILES string of the molecule is C=CCOC(=O)NC12CC(C(=O)O)(C1)C2. The van der Waals surface area contributed by atoms with Gasteiger partial charge in [0.05, 0.1) is 5.41 Å². The molecule has 0 spiro atoms. The summed E-state index contributed by atoms with van der Waals surface area (Å²) in [6.07, 6.45) is 2.57. The van der Waals surface area contributed by atoms with E-state index in [1.165, 1.54) is 6.08 Å². The standard InChI is InChI=1S/C10H13NO4/c1-2-3-15-8(14)11-10-4-9(5-10,6-10)7(12)13/h2H,1,3-6H2,(H,11,14)(H,12,13). The maximum atomic E-state index is 11.2. The van der Waals surface area contributed by atoms with Crippen molar-refractivity contribution in [3.05, 3.63) is 12.7 Å². The smallest absolute Gasteiger partial charge is 0.407 e. The Bertz CT molecular complexity index is 317. The first-order valence-corrected chi connectivity index (χ1v) is 4.81. The van der Waals surface area contributed by atoms with E-state index in [0.717, 1.165) is 0 Å². The van der Waals surface area contributed by atoms with Gasteiger partial charge in [0.2, 0.25) is 0 Å². The quantitative estimate of drug-likeness (QED) is 0.677. The fourth-order valence-corrected chi connectivity index (χ4v) is 2.53. The largest absolute Gasteiger partial charge is 0.481 e. The minimum atomic E-state index is -0.759. The van der Waals surface area contributed by atoms with Crippen LogP contribution < -0.4 is 5.32 Å². The summed E-state index contributed by atoms with van der Waals surface area (Å²) >= 11 is 0. The summed E-state index contributed by atoms with van der Waals surface area (Å²) in [4.78, 5) is 22.0. The average Bonchev–Trinajstić information content (AvgIpc) is 2.04. The predicted molar refractivity (Wildman–Crippen MR) is 51.3 cm³/mol. The zero-order valence-corrected chi connectivity index (χ0v) is 8.28. The molecule has 0 radical (unpaired) electrons. The first-order valence-electron chi connectivity index (χ1n) is 4.81. The molecular formula is C10H13NO4. The van der Waals surface area contributed by atoms with Crippen LogP contribution in [0.3, 0.4) is 0 Å². The summed E-state index contributed by atoms with van der Waals surface area (Å²) in [7, 11) is 0. The Balaban J connectivity index is 1.79. The van der Waals surface area contributed by atoms with Gasteiger partial charge in [0.15, 0.2) is 0 Å². The number of hydrogen-bond donors (Lipinski definition) is 2. The summed E-state index contributed by atoms with van der Waals surface area (Å²) < 4.78 is 4.77. The van der Waals surface area contributed by atoms with Crippen LogP contribution in [-0.4, -0.2) is 29.3 Å². The number of carboxylic acid groups (broad SMARTS) is 1. The molecule has 3 aliphatic carbocycles. The zero-order valence-electron chi connectivity index (χ0n) is 8.28. The van der Waals surface area contributed by atoms with Crippen LogP contribution in [0.4, 0.5) is 4.79 Å². The van der Waals surface area contributed by atoms with E-state index in [4.69, 9.17) is 9.84 Å². The van der Waals surface area contributed by atoms with Gasteiger partial charge in [-0.05, 0) is 19.3 Å². The number of carbonyl (C=O) groups is 2. The maximum Gasteiger partial charge on any atom is 0.407 e. The number of alkyl carbamates (subject to hydrolysis) is 1. The van der Waals surface area contributed by atoms with Crippen LogP contribution in [0.2, 0.25) is 0 Å². The monoisotopic (exact) mass is 211 g/mol. The van der Waals surface area contributed by atoms with E-state index in [2.05, 4.69) is 11.9 Å². The van der Waals surface area contributed by atoms with Gasteiger partial charge >= 0.3 is 12.1 Å². The van der Waals surface area contributed by atoms with Gasteiger partial charge in [0.25, 0.3) is 0 Å². The van der Waals surface area contributed by atoms with E-state index in [1.807, 2.05) is 0 Å². The number of ether oxygens (including phenoxy) is 1. The number of rotatable bonds is 4. The minimum Gasteiger partial charge on any atom is -0.481 e. The van der Waals surface area contributed by atoms with Crippen molar-refractivity contribution in [1.82, 2.24) is 5.32 Å². The van der Waals surface area contributed by atoms with E-state index in [9.17, 15) is 9.59 Å². The second-order valence-corrected chi connectivity index (χ2v) is 4.41. The normalized spacial score (nSPS) is 35.7. The molecule has 3 saturated carbocycles. The van der Waals surface area contributed by atoms with Crippen molar-refractivity contribution in [2.24, 2.45) is 5.41 Å². The van der Waals surface area contributed by atoms with E-state index >= 15 is 0 Å². The van der Waals surface area contributed by atoms with Crippen molar-refractivity contribution in [2.45, 2.75) is 24.8 Å². The third kappa shape index (κ3) is 1.38. The fourth-order valence-electron chi connectivity index (χ4n) is 2.53. The first kappa shape index (κ1) is 10.0. The van der Waals surface area contributed by atoms with Crippen LogP contribution in [-0.2, 0) is 9.53 Å². The molecule has 82 valence electrons. The third-order valence-corrected chi connectivity index (χ3v) is 3.18. The summed E-state index contributed by atoms with van der Waals surface area (Å²) in [5.74, 6) is -0.759. The number of carbonyl (C=O) groups excluding carboxylic acids is 1. The molecule has 0 aliphatic heterocycles. The molecule has 2 bridgehead atoms. The van der Waals surface area contributed by atoms with E-state index in [1.54, 1.807) is 0 Å². The van der Waals surface area contributed by atoms with Crippen molar-refractivity contribution in [3.8, 4) is 0 Å². The Morgan fingerprint density at radius 3 is 2.53 bits per heavy atom. The Morgan fingerprint density at radius 2 is 2.07 bits per heavy atom. The van der Waals surface area contributed by atoms with Gasteiger partial charge in [-0.15, -0.1) is 0 Å². The van der Waals surface area contributed by atoms with Gasteiger partial charge in [0, 0.05) is 5.54 Å². The highest BCUT2D eigenvalue weighted by molar-refractivity contribution is 5.82. The second kappa shape index (κ2) is 2.98. The molecule has 0 unspecified atom stereocenters. The van der Waals surface area contributed by atoms with Crippen molar-refractivity contribution in [1.29, 1.82) is 0 Å². The fraction of sp³-hybridized carbons (Fsp3) is 0.600. The molecule has 0 aromatic heterocycles. The number of amides is 1. The van der Waals surface area contributed by atoms with Crippen LogP contribution in [0.15, 0.2) is 12.7 Å². The molecule has 0 atom stereocenters. The molecule has 0 aromatic carbocycles. The third-order valence-electron chi connectivity index (χ3n) is 3.18. The van der Waals surface area contributed by atoms with Gasteiger partial charge < -0.3 is 15.2 Å². The van der Waals surface area contributed by atoms with Crippen LogP contribution in [0.5, 0.6) is 0 Å². The first-order chi connectivity index (χ1) is 7.02. The lowest BCUT2D eigenvalue weighted by Gasteiger charge is -2.67. The van der Waals surface area contributed by atoms with Gasteiger partial charge in [-0.1, -0.05) is 12.7 Å². The van der Waals surface area contributed by atoms with Gasteiger partial charge in [-0.3, -0.25) is 4.79 Å². The van der Waals surface area contributed by atoms with Crippen LogP contribution in [0.1, 0.15) is 19.3 Å². The van der Waals surface area contributed by atoms with Crippen LogP contribution in [0.25, 0.3) is 0 Å². The summed E-state index contributed by atoms with van der Waals surface area (Å²) in [6.45, 7) is 3.60. The molecule has 3 aliphatic rings. The summed E-state index contributed by atoms with van der Waals surface area (Å²) in [5, 5.41) is 11.6. The van der Waals surface area contributed by atoms with Gasteiger partial charge in [-0.2, -0.15) is 0 Å². The van der Waals surface area contributed by atoms with Gasteiger partial charge in [0.1, 0.15) is 6.61 Å². The second-order valence-electron chi connectivity index (χ2n) is 4.41. The number of aliphatic carboxylic acids is 1. The minimum absolute atomic E-state index is 0.173. The highest BCUT2D eigenvalue weighted by Gasteiger charge is 2.72. The molecule has 1 amide bonds. The lowest BCUT2D eigenvalue weighted by Crippen LogP contribution is -2.77. The molecule has 3 fully saturated rings. The van der Waals surface area contributed by atoms with Gasteiger partial charge in [-0.25, -0.2) is 4.79 Å². The van der Waals surface area contributed by atoms with Crippen molar-refractivity contribution in [3.63, 3.8) is 0 Å². The highest BCUT2D eigenvalue weighted by atomic mass is 16.5. The zero-order chi connectivity index (χ0) is 11.1. The van der Waals surface area contributed by atoms with E-state index in [-0.39, 0.29) is 12.1 Å². The Hall–Kier alpha value is -1.52. The van der Waals surface area contributed by atoms with Crippen molar-refractivity contribution >= 4 is 12.1 Å². The molecule has 5 nitrogen and oxygen atoms in total. The molecular weight excluding hydrogens is 198 g/mol. The number of nitrogens with one attached hydrogen (secondary N) is 1. The molecule has 5 heteroatoms. The number of hydrogen-bond acceptors (Lipinski definition) is 3. The molecule has 0 aromatic rings. The summed E-state index contributed by atoms with van der Waals surface area (Å²) in [5.41, 5.74) is -0.873. The van der Waals surface area contributed by atoms with Crippen molar-refractivity contribution < 1.29 is 19.4 Å². The topological polar surface area (TPSA) is 75.6 Å². The van der Waals surface area contributed by atoms with E-state index in [0.29, 0.717) is 19.3 Å². The highest BCUT2D eigenvalue weighted by Crippen LogP contribution is 2.67. The molecule has 15 heavy (non-hydrogen) atoms. The Morgan fingerprint density at radius 1 is 1.47 bits per heavy atom. The summed E-state index contributed by atoms with van der Waals surface area (Å²) in [6, 6.07) is 0.